The highest BCUT2D eigenvalue weighted by Crippen LogP contribution is 2.25. The summed E-state index contributed by atoms with van der Waals surface area (Å²) in [4.78, 5) is 34.3. The molecule has 31 heavy (non-hydrogen) atoms. The number of benzene rings is 1. The first kappa shape index (κ1) is 22.1. The van der Waals surface area contributed by atoms with E-state index in [1.807, 2.05) is 32.0 Å². The second-order valence-corrected chi connectivity index (χ2v) is 9.44. The van der Waals surface area contributed by atoms with Crippen LogP contribution in [0.2, 0.25) is 0 Å². The third-order valence-corrected chi connectivity index (χ3v) is 6.88. The summed E-state index contributed by atoms with van der Waals surface area (Å²) in [6.07, 6.45) is 4.04. The van der Waals surface area contributed by atoms with E-state index < -0.39 is 0 Å². The minimum absolute atomic E-state index is 0.0292. The van der Waals surface area contributed by atoms with E-state index in [-0.39, 0.29) is 17.9 Å². The van der Waals surface area contributed by atoms with Crippen LogP contribution in [-0.2, 0) is 4.79 Å². The fourth-order valence-electron chi connectivity index (χ4n) is 4.73. The smallest absolute Gasteiger partial charge is 0.251 e. The number of rotatable bonds is 6. The van der Waals surface area contributed by atoms with Gasteiger partial charge in [0.25, 0.3) is 5.91 Å². The van der Waals surface area contributed by atoms with E-state index in [9.17, 15) is 9.59 Å². The lowest BCUT2D eigenvalue weighted by atomic mass is 9.91. The molecule has 1 N–H and O–H groups in total. The van der Waals surface area contributed by atoms with E-state index in [0.29, 0.717) is 12.1 Å². The first-order valence-corrected chi connectivity index (χ1v) is 11.9. The van der Waals surface area contributed by atoms with Crippen LogP contribution in [0.3, 0.4) is 0 Å². The molecular formula is C24H37N5O2. The lowest BCUT2D eigenvalue weighted by Crippen LogP contribution is -2.56. The molecule has 0 unspecified atom stereocenters. The van der Waals surface area contributed by atoms with Gasteiger partial charge < -0.3 is 15.1 Å². The summed E-state index contributed by atoms with van der Waals surface area (Å²) in [7, 11) is 0. The van der Waals surface area contributed by atoms with Crippen LogP contribution in [0.4, 0.5) is 5.69 Å². The Labute approximate surface area is 186 Å². The molecular weight excluding hydrogens is 390 g/mol. The highest BCUT2D eigenvalue weighted by atomic mass is 16.2. The number of nitrogens with one attached hydrogen (secondary N) is 1. The molecule has 1 aromatic rings. The van der Waals surface area contributed by atoms with Crippen LogP contribution in [0.5, 0.6) is 0 Å². The van der Waals surface area contributed by atoms with Gasteiger partial charge in [-0.05, 0) is 44.9 Å². The zero-order chi connectivity index (χ0) is 21.8. The molecule has 2 aliphatic heterocycles. The molecule has 0 spiro atoms. The molecule has 1 aromatic carbocycles. The molecule has 2 amide bonds. The van der Waals surface area contributed by atoms with E-state index in [2.05, 4.69) is 31.0 Å². The van der Waals surface area contributed by atoms with Crippen molar-refractivity contribution in [3.8, 4) is 0 Å². The van der Waals surface area contributed by atoms with Gasteiger partial charge in [-0.1, -0.05) is 12.5 Å². The predicted molar refractivity (Wildman–Crippen MR) is 123 cm³/mol. The van der Waals surface area contributed by atoms with Gasteiger partial charge in [0.05, 0.1) is 6.54 Å². The van der Waals surface area contributed by atoms with Crippen molar-refractivity contribution in [2.75, 3.05) is 63.8 Å². The molecule has 2 saturated heterocycles. The van der Waals surface area contributed by atoms with Gasteiger partial charge >= 0.3 is 0 Å². The number of anilines is 1. The van der Waals surface area contributed by atoms with Crippen molar-refractivity contribution in [3.63, 3.8) is 0 Å². The molecule has 3 aliphatic rings. The molecule has 0 radical (unpaired) electrons. The Morgan fingerprint density at radius 1 is 1.00 bits per heavy atom. The predicted octanol–water partition coefficient (Wildman–Crippen LogP) is 1.64. The number of nitrogens with zero attached hydrogens (tertiary/aromatic N) is 4. The van der Waals surface area contributed by atoms with Gasteiger partial charge in [-0.3, -0.25) is 19.4 Å². The lowest BCUT2D eigenvalue weighted by Gasteiger charge is -2.43. The van der Waals surface area contributed by atoms with E-state index in [4.69, 9.17) is 0 Å². The number of hydrogen-bond acceptors (Lipinski definition) is 5. The summed E-state index contributed by atoms with van der Waals surface area (Å²) in [5, 5.41) is 2.95. The molecule has 3 fully saturated rings. The zero-order valence-corrected chi connectivity index (χ0v) is 19.1. The summed E-state index contributed by atoms with van der Waals surface area (Å²) in [6, 6.07) is 8.75. The highest BCUT2D eigenvalue weighted by molar-refractivity contribution is 5.95. The van der Waals surface area contributed by atoms with Gasteiger partial charge in [-0.2, -0.15) is 0 Å². The molecule has 7 nitrogen and oxygen atoms in total. The van der Waals surface area contributed by atoms with Gasteiger partial charge in [0.2, 0.25) is 5.91 Å². The first-order chi connectivity index (χ1) is 15.0. The molecule has 0 aromatic heterocycles. The average molecular weight is 428 g/mol. The number of carbonyl (C=O) groups excluding carboxylic acids is 2. The summed E-state index contributed by atoms with van der Waals surface area (Å²) < 4.78 is 0. The second-order valence-electron chi connectivity index (χ2n) is 9.44. The summed E-state index contributed by atoms with van der Waals surface area (Å²) >= 11 is 0. The van der Waals surface area contributed by atoms with Gasteiger partial charge in [-0.15, -0.1) is 0 Å². The van der Waals surface area contributed by atoms with Crippen LogP contribution in [0, 0.1) is 0 Å². The Balaban J connectivity index is 1.23. The van der Waals surface area contributed by atoms with Crippen molar-refractivity contribution in [2.45, 2.75) is 45.2 Å². The van der Waals surface area contributed by atoms with E-state index in [0.717, 1.165) is 64.1 Å². The van der Waals surface area contributed by atoms with Crippen LogP contribution in [0.25, 0.3) is 0 Å². The molecule has 1 aliphatic carbocycles. The van der Waals surface area contributed by atoms with Crippen LogP contribution < -0.4 is 10.2 Å². The monoisotopic (exact) mass is 427 g/mol. The molecule has 0 atom stereocenters. The largest absolute Gasteiger partial charge is 0.369 e. The summed E-state index contributed by atoms with van der Waals surface area (Å²) in [5.41, 5.74) is 1.78. The molecule has 4 rings (SSSR count). The number of piperazine rings is 2. The van der Waals surface area contributed by atoms with Crippen molar-refractivity contribution in [3.05, 3.63) is 29.8 Å². The van der Waals surface area contributed by atoms with Crippen molar-refractivity contribution >= 4 is 17.5 Å². The van der Waals surface area contributed by atoms with Gasteiger partial charge in [0, 0.05) is 75.7 Å². The standard InChI is InChI=1S/C24H37N5O2/c1-19(2)25-24(31)20-5-3-8-22(17-20)28-11-9-26(10-12-28)18-23(30)29-15-13-27(14-16-29)21-6-4-7-21/h3,5,8,17,19,21H,4,6-7,9-16,18H2,1-2H3,(H,25,31). The average Bonchev–Trinajstić information content (AvgIpc) is 2.73. The van der Waals surface area contributed by atoms with Crippen LogP contribution >= 0.6 is 0 Å². The Kier molecular flexibility index (Phi) is 7.13. The van der Waals surface area contributed by atoms with Crippen molar-refractivity contribution in [2.24, 2.45) is 0 Å². The Hall–Kier alpha value is -2.12. The summed E-state index contributed by atoms with van der Waals surface area (Å²) in [6.45, 7) is 11.8. The van der Waals surface area contributed by atoms with Gasteiger partial charge in [-0.25, -0.2) is 0 Å². The molecule has 1 saturated carbocycles. The molecule has 2 heterocycles. The Morgan fingerprint density at radius 2 is 1.71 bits per heavy atom. The minimum Gasteiger partial charge on any atom is -0.369 e. The van der Waals surface area contributed by atoms with E-state index in [1.165, 1.54) is 19.3 Å². The molecule has 7 heteroatoms. The molecule has 170 valence electrons. The third kappa shape index (κ3) is 5.57. The Morgan fingerprint density at radius 3 is 2.32 bits per heavy atom. The van der Waals surface area contributed by atoms with E-state index >= 15 is 0 Å². The van der Waals surface area contributed by atoms with Gasteiger partial charge in [0.1, 0.15) is 0 Å². The highest BCUT2D eigenvalue weighted by Gasteiger charge is 2.30. The number of amides is 2. The Bertz CT molecular complexity index is 763. The maximum Gasteiger partial charge on any atom is 0.251 e. The van der Waals surface area contributed by atoms with Gasteiger partial charge in [0.15, 0.2) is 0 Å². The number of carbonyl (C=O) groups is 2. The van der Waals surface area contributed by atoms with Crippen LogP contribution in [-0.4, -0.2) is 97.5 Å². The van der Waals surface area contributed by atoms with Crippen molar-refractivity contribution < 1.29 is 9.59 Å². The fraction of sp³-hybridized carbons (Fsp3) is 0.667. The minimum atomic E-state index is -0.0292. The fourth-order valence-corrected chi connectivity index (χ4v) is 4.73. The lowest BCUT2D eigenvalue weighted by molar-refractivity contribution is -0.134. The van der Waals surface area contributed by atoms with E-state index in [1.54, 1.807) is 0 Å². The SMILES string of the molecule is CC(C)NC(=O)c1cccc(N2CCN(CC(=O)N3CCN(C4CCC4)CC3)CC2)c1. The topological polar surface area (TPSA) is 59.1 Å². The van der Waals surface area contributed by atoms with Crippen molar-refractivity contribution in [1.29, 1.82) is 0 Å². The third-order valence-electron chi connectivity index (χ3n) is 6.88. The maximum atomic E-state index is 12.8. The van der Waals surface area contributed by atoms with Crippen LogP contribution in [0.1, 0.15) is 43.5 Å². The first-order valence-electron chi connectivity index (χ1n) is 11.9. The zero-order valence-electron chi connectivity index (χ0n) is 19.1. The number of hydrogen-bond donors (Lipinski definition) is 1. The van der Waals surface area contributed by atoms with Crippen LogP contribution in [0.15, 0.2) is 24.3 Å². The quantitative estimate of drug-likeness (QED) is 0.748. The normalized spacial score (nSPS) is 21.3. The summed E-state index contributed by atoms with van der Waals surface area (Å²) in [5.74, 6) is 0.243. The molecule has 0 bridgehead atoms. The maximum absolute atomic E-state index is 12.8. The second kappa shape index (κ2) is 10.0. The van der Waals surface area contributed by atoms with Crippen molar-refractivity contribution in [1.82, 2.24) is 20.0 Å².